The molecule has 1 fully saturated rings. The maximum absolute atomic E-state index is 12.9. The molecule has 1 saturated heterocycles. The van der Waals surface area contributed by atoms with Gasteiger partial charge in [-0.05, 0) is 12.0 Å². The molecule has 2 heterocycles. The third-order valence-corrected chi connectivity index (χ3v) is 4.23. The van der Waals surface area contributed by atoms with Crippen LogP contribution in [-0.2, 0) is 19.9 Å². The summed E-state index contributed by atoms with van der Waals surface area (Å²) >= 11 is 0. The fourth-order valence-corrected chi connectivity index (χ4v) is 2.81. The number of carbonyl (C=O) groups excluding carboxylic acids is 4. The largest absolute Gasteiger partial charge is 0.451 e. The van der Waals surface area contributed by atoms with Crippen molar-refractivity contribution < 1.29 is 23.9 Å². The fraction of sp³-hybridized carbons (Fsp3) is 0.222. The Balaban J connectivity index is 1.65. The second kappa shape index (κ2) is 7.82. The number of nitrogens with zero attached hydrogens (tertiary/aromatic N) is 3. The summed E-state index contributed by atoms with van der Waals surface area (Å²) in [5, 5.41) is 3.22. The monoisotopic (exact) mass is 383 g/mol. The summed E-state index contributed by atoms with van der Waals surface area (Å²) in [6.45, 7) is 1.05. The van der Waals surface area contributed by atoms with Gasteiger partial charge in [-0.15, -0.1) is 0 Å². The zero-order valence-corrected chi connectivity index (χ0v) is 14.9. The molecule has 1 aromatic carbocycles. The minimum atomic E-state index is -1.28. The highest BCUT2D eigenvalue weighted by Crippen LogP contribution is 2.31. The van der Waals surface area contributed by atoms with Crippen molar-refractivity contribution >= 4 is 23.8 Å². The van der Waals surface area contributed by atoms with Gasteiger partial charge in [0.25, 0.3) is 11.8 Å². The Morgan fingerprint density at radius 3 is 2.61 bits per heavy atom. The van der Waals surface area contributed by atoms with Gasteiger partial charge in [-0.3, -0.25) is 20.0 Å². The van der Waals surface area contributed by atoms with Gasteiger partial charge in [-0.25, -0.2) is 14.6 Å². The maximum atomic E-state index is 12.9. The molecule has 0 aliphatic carbocycles. The predicted octanol–water partition coefficient (Wildman–Crippen LogP) is 0.522. The first kappa shape index (κ1) is 19.0. The number of rotatable bonds is 6. The normalized spacial score (nSPS) is 18.5. The number of amides is 4. The van der Waals surface area contributed by atoms with Crippen LogP contribution >= 0.6 is 0 Å². The van der Waals surface area contributed by atoms with E-state index in [0.29, 0.717) is 10.6 Å². The lowest BCUT2D eigenvalue weighted by molar-refractivity contribution is -0.140. The van der Waals surface area contributed by atoms with Gasteiger partial charge in [0.15, 0.2) is 12.3 Å². The zero-order chi connectivity index (χ0) is 20.1. The lowest BCUT2D eigenvalue weighted by Gasteiger charge is -2.25. The summed E-state index contributed by atoms with van der Waals surface area (Å²) in [6, 6.07) is 7.95. The minimum absolute atomic E-state index is 0.0700. The smallest absolute Gasteiger partial charge is 0.359 e. The molecule has 0 spiro atoms. The number of carbonyl (C=O) groups is 4. The third kappa shape index (κ3) is 3.52. The summed E-state index contributed by atoms with van der Waals surface area (Å²) < 4.78 is 4.81. The van der Waals surface area contributed by atoms with Crippen molar-refractivity contribution in [3.05, 3.63) is 60.2 Å². The molecule has 10 nitrogen and oxygen atoms in total. The van der Waals surface area contributed by atoms with Gasteiger partial charge in [0.05, 0.1) is 6.20 Å². The number of ether oxygens (including phenoxy) is 1. The first-order valence-electron chi connectivity index (χ1n) is 8.43. The van der Waals surface area contributed by atoms with Crippen LogP contribution in [0.4, 0.5) is 4.79 Å². The van der Waals surface area contributed by atoms with Crippen LogP contribution in [0.15, 0.2) is 48.9 Å². The molecule has 10 heteroatoms. The van der Waals surface area contributed by atoms with Crippen molar-refractivity contribution in [3.63, 3.8) is 0 Å². The first-order valence-corrected chi connectivity index (χ1v) is 8.43. The molecule has 2 N–H and O–H groups in total. The summed E-state index contributed by atoms with van der Waals surface area (Å²) in [4.78, 5) is 56.5. The van der Waals surface area contributed by atoms with E-state index in [1.54, 1.807) is 37.3 Å². The molecular formula is C18H17N5O5. The number of benzene rings is 1. The highest BCUT2D eigenvalue weighted by molar-refractivity contribution is 6.08. The lowest BCUT2D eigenvalue weighted by Crippen LogP contribution is -2.49. The van der Waals surface area contributed by atoms with Crippen molar-refractivity contribution in [1.29, 1.82) is 0 Å². The molecule has 1 aromatic heterocycles. The van der Waals surface area contributed by atoms with Crippen LogP contribution in [0.5, 0.6) is 0 Å². The standard InChI is InChI=1S/C18H17N5O5/c1-2-18(12-6-4-3-5-7-12)16(26)23(17(27)21-18)22-14(24)11-28-15(25)13-10-19-8-9-20-13/h3-10H,2,11H2,1H3,(H,21,27)(H,22,24)/t18-/m0/s1. The van der Waals surface area contributed by atoms with Gasteiger partial charge in [0.1, 0.15) is 5.54 Å². The second-order valence-corrected chi connectivity index (χ2v) is 5.90. The van der Waals surface area contributed by atoms with E-state index in [2.05, 4.69) is 20.7 Å². The van der Waals surface area contributed by atoms with Gasteiger partial charge in [0.2, 0.25) is 0 Å². The number of urea groups is 1. The summed E-state index contributed by atoms with van der Waals surface area (Å²) in [5.74, 6) is -2.33. The van der Waals surface area contributed by atoms with E-state index < -0.39 is 36.0 Å². The van der Waals surface area contributed by atoms with E-state index in [0.717, 1.165) is 0 Å². The van der Waals surface area contributed by atoms with Gasteiger partial charge in [-0.1, -0.05) is 37.3 Å². The van der Waals surface area contributed by atoms with E-state index in [-0.39, 0.29) is 12.1 Å². The maximum Gasteiger partial charge on any atom is 0.359 e. The Hall–Kier alpha value is -3.82. The van der Waals surface area contributed by atoms with Gasteiger partial charge in [-0.2, -0.15) is 5.01 Å². The van der Waals surface area contributed by atoms with Crippen molar-refractivity contribution in [2.75, 3.05) is 6.61 Å². The molecule has 0 radical (unpaired) electrons. The molecule has 0 saturated carbocycles. The van der Waals surface area contributed by atoms with Gasteiger partial charge >= 0.3 is 12.0 Å². The Labute approximate surface area is 159 Å². The molecule has 4 amide bonds. The molecule has 28 heavy (non-hydrogen) atoms. The Bertz CT molecular complexity index is 905. The first-order chi connectivity index (χ1) is 13.5. The van der Waals surface area contributed by atoms with E-state index >= 15 is 0 Å². The average Bonchev–Trinajstić information content (AvgIpc) is 2.98. The molecule has 1 aliphatic rings. The minimum Gasteiger partial charge on any atom is -0.451 e. The van der Waals surface area contributed by atoms with Gasteiger partial charge < -0.3 is 10.1 Å². The predicted molar refractivity (Wildman–Crippen MR) is 94.2 cm³/mol. The number of hydrogen-bond acceptors (Lipinski definition) is 7. The fourth-order valence-electron chi connectivity index (χ4n) is 2.81. The SMILES string of the molecule is CC[C@@]1(c2ccccc2)NC(=O)N(NC(=O)COC(=O)c2cnccn2)C1=O. The van der Waals surface area contributed by atoms with Crippen molar-refractivity contribution in [2.24, 2.45) is 0 Å². The number of hydrazine groups is 1. The lowest BCUT2D eigenvalue weighted by atomic mass is 9.87. The number of esters is 1. The molecule has 3 rings (SSSR count). The summed E-state index contributed by atoms with van der Waals surface area (Å²) in [6.07, 6.45) is 4.16. The van der Waals surface area contributed by atoms with E-state index in [9.17, 15) is 19.2 Å². The molecule has 0 unspecified atom stereocenters. The van der Waals surface area contributed by atoms with Crippen LogP contribution in [0.2, 0.25) is 0 Å². The quantitative estimate of drug-likeness (QED) is 0.549. The Kier molecular flexibility index (Phi) is 5.30. The average molecular weight is 383 g/mol. The number of hydrogen-bond donors (Lipinski definition) is 2. The highest BCUT2D eigenvalue weighted by Gasteiger charge is 2.52. The molecular weight excluding hydrogens is 366 g/mol. The van der Waals surface area contributed by atoms with E-state index in [1.807, 2.05) is 0 Å². The highest BCUT2D eigenvalue weighted by atomic mass is 16.5. The van der Waals surface area contributed by atoms with E-state index in [4.69, 9.17) is 4.74 Å². The molecule has 1 aliphatic heterocycles. The van der Waals surface area contributed by atoms with Crippen LogP contribution in [0.25, 0.3) is 0 Å². The Morgan fingerprint density at radius 1 is 1.21 bits per heavy atom. The van der Waals surface area contributed by atoms with Crippen molar-refractivity contribution in [2.45, 2.75) is 18.9 Å². The molecule has 144 valence electrons. The van der Waals surface area contributed by atoms with Crippen LogP contribution in [0.3, 0.4) is 0 Å². The van der Waals surface area contributed by atoms with E-state index in [1.165, 1.54) is 18.6 Å². The summed E-state index contributed by atoms with van der Waals surface area (Å²) in [5.41, 5.74) is 1.42. The summed E-state index contributed by atoms with van der Waals surface area (Å²) in [7, 11) is 0. The van der Waals surface area contributed by atoms with Crippen molar-refractivity contribution in [1.82, 2.24) is 25.7 Å². The molecule has 2 aromatic rings. The van der Waals surface area contributed by atoms with Crippen LogP contribution in [-0.4, -0.2) is 45.4 Å². The topological polar surface area (TPSA) is 131 Å². The Morgan fingerprint density at radius 2 is 1.96 bits per heavy atom. The molecule has 1 atom stereocenters. The van der Waals surface area contributed by atoms with Crippen LogP contribution in [0, 0.1) is 0 Å². The van der Waals surface area contributed by atoms with Crippen LogP contribution < -0.4 is 10.7 Å². The zero-order valence-electron chi connectivity index (χ0n) is 14.9. The number of nitrogens with one attached hydrogen (secondary N) is 2. The molecule has 0 bridgehead atoms. The van der Waals surface area contributed by atoms with Crippen LogP contribution in [0.1, 0.15) is 29.4 Å². The number of aromatic nitrogens is 2. The third-order valence-electron chi connectivity index (χ3n) is 4.23. The number of imide groups is 1. The van der Waals surface area contributed by atoms with Crippen molar-refractivity contribution in [3.8, 4) is 0 Å². The second-order valence-electron chi connectivity index (χ2n) is 5.90. The van der Waals surface area contributed by atoms with Gasteiger partial charge in [0, 0.05) is 12.4 Å².